The fraction of sp³-hybridized carbons (Fsp3) is 0.0833. The van der Waals surface area contributed by atoms with E-state index < -0.39 is 12.1 Å². The molecule has 0 radical (unpaired) electrons. The molecule has 3 aromatic carbocycles. The largest absolute Gasteiger partial charge is 0.489 e. The van der Waals surface area contributed by atoms with Gasteiger partial charge in [-0.05, 0) is 60.2 Å². The molecule has 7 nitrogen and oxygen atoms in total. The molecule has 0 aliphatic rings. The summed E-state index contributed by atoms with van der Waals surface area (Å²) in [6, 6.07) is 17.9. The zero-order chi connectivity index (χ0) is 24.4. The van der Waals surface area contributed by atoms with E-state index in [9.17, 15) is 17.6 Å². The maximum absolute atomic E-state index is 13.0. The van der Waals surface area contributed by atoms with Gasteiger partial charge >= 0.3 is 12.1 Å². The molecule has 2 aromatic heterocycles. The lowest BCUT2D eigenvalue weighted by atomic mass is 10.1. The Balaban J connectivity index is 0.00000304. The average Bonchev–Trinajstić information content (AvgIpc) is 3.36. The maximum atomic E-state index is 13.0. The summed E-state index contributed by atoms with van der Waals surface area (Å²) in [5.41, 5.74) is 2.39. The second-order valence-electron chi connectivity index (χ2n) is 7.43. The number of ether oxygens (including phenoxy) is 1. The topological polar surface area (TPSA) is 86.0 Å². The van der Waals surface area contributed by atoms with Crippen LogP contribution >= 0.6 is 12.4 Å². The molecular weight excluding hydrogens is 502 g/mol. The predicted octanol–water partition coefficient (Wildman–Crippen LogP) is 6.58. The number of alkyl halides is 3. The molecule has 5 aromatic rings. The van der Waals surface area contributed by atoms with E-state index in [1.54, 1.807) is 54.6 Å². The number of hydrogen-bond acceptors (Lipinski definition) is 7. The van der Waals surface area contributed by atoms with Gasteiger partial charge in [0.1, 0.15) is 30.3 Å². The first-order chi connectivity index (χ1) is 16.8. The molecule has 2 heterocycles. The van der Waals surface area contributed by atoms with E-state index in [0.717, 1.165) is 5.56 Å². The van der Waals surface area contributed by atoms with Gasteiger partial charge in [0, 0.05) is 16.6 Å². The molecule has 1 N–H and O–H groups in total. The Hall–Kier alpha value is -4.25. The highest BCUT2D eigenvalue weighted by molar-refractivity contribution is 5.93. The standard InChI is InChI=1S/C24H15F4N5O2.ClH/c25-16-4-1-14(2-5-16)12-34-18-8-6-17(7-9-18)31-21-19-11-15(3-10-20(19)29-13-30-21)22-32-33-23(35-22)24(26,27)28;/h1-11,13H,12H2,(H,29,30,31);1H. The van der Waals surface area contributed by atoms with Crippen LogP contribution in [0.2, 0.25) is 0 Å². The van der Waals surface area contributed by atoms with Gasteiger partial charge in [-0.2, -0.15) is 13.2 Å². The highest BCUT2D eigenvalue weighted by Crippen LogP contribution is 2.32. The SMILES string of the molecule is Cl.Fc1ccc(COc2ccc(Nc3ncnc4ccc(-c5nnc(C(F)(F)F)o5)cc34)cc2)cc1. The van der Waals surface area contributed by atoms with Crippen molar-refractivity contribution in [3.63, 3.8) is 0 Å². The van der Waals surface area contributed by atoms with Crippen LogP contribution < -0.4 is 10.1 Å². The quantitative estimate of drug-likeness (QED) is 0.254. The second kappa shape index (κ2) is 10.2. The lowest BCUT2D eigenvalue weighted by Gasteiger charge is -2.10. The van der Waals surface area contributed by atoms with Gasteiger partial charge in [-0.25, -0.2) is 14.4 Å². The fourth-order valence-corrected chi connectivity index (χ4v) is 3.26. The van der Waals surface area contributed by atoms with Crippen LogP contribution in [0.15, 0.2) is 77.5 Å². The molecule has 0 unspecified atom stereocenters. The van der Waals surface area contributed by atoms with Crippen LogP contribution in [0.5, 0.6) is 5.75 Å². The Kier molecular flexibility index (Phi) is 7.02. The molecule has 0 fully saturated rings. The van der Waals surface area contributed by atoms with Crippen molar-refractivity contribution in [2.75, 3.05) is 5.32 Å². The molecule has 184 valence electrons. The van der Waals surface area contributed by atoms with Crippen molar-refractivity contribution < 1.29 is 26.7 Å². The third-order valence-corrected chi connectivity index (χ3v) is 4.99. The molecule has 0 aliphatic carbocycles. The molecule has 0 saturated heterocycles. The minimum Gasteiger partial charge on any atom is -0.489 e. The monoisotopic (exact) mass is 517 g/mol. The van der Waals surface area contributed by atoms with E-state index in [2.05, 4.69) is 25.5 Å². The van der Waals surface area contributed by atoms with Crippen LogP contribution in [-0.2, 0) is 12.8 Å². The van der Waals surface area contributed by atoms with E-state index >= 15 is 0 Å². The molecule has 0 spiro atoms. The zero-order valence-corrected chi connectivity index (χ0v) is 19.0. The Bertz CT molecular complexity index is 1480. The fourth-order valence-electron chi connectivity index (χ4n) is 3.26. The number of benzene rings is 3. The van der Waals surface area contributed by atoms with Gasteiger partial charge in [-0.3, -0.25) is 0 Å². The predicted molar refractivity (Wildman–Crippen MR) is 126 cm³/mol. The summed E-state index contributed by atoms with van der Waals surface area (Å²) < 4.78 is 61.9. The lowest BCUT2D eigenvalue weighted by molar-refractivity contribution is -0.156. The summed E-state index contributed by atoms with van der Waals surface area (Å²) in [6.45, 7) is 0.290. The van der Waals surface area contributed by atoms with Crippen molar-refractivity contribution in [1.82, 2.24) is 20.2 Å². The molecule has 12 heteroatoms. The van der Waals surface area contributed by atoms with E-state index in [0.29, 0.717) is 33.7 Å². The molecule has 0 amide bonds. The number of nitrogens with zero attached hydrogens (tertiary/aromatic N) is 4. The van der Waals surface area contributed by atoms with Crippen molar-refractivity contribution in [2.45, 2.75) is 12.8 Å². The molecular formula is C24H16ClF4N5O2. The van der Waals surface area contributed by atoms with Crippen molar-refractivity contribution in [1.29, 1.82) is 0 Å². The molecule has 0 atom stereocenters. The van der Waals surface area contributed by atoms with Crippen molar-refractivity contribution in [2.24, 2.45) is 0 Å². The number of anilines is 2. The number of aromatic nitrogens is 4. The van der Waals surface area contributed by atoms with Crippen molar-refractivity contribution >= 4 is 34.8 Å². The summed E-state index contributed by atoms with van der Waals surface area (Å²) in [7, 11) is 0. The number of rotatable bonds is 6. The number of nitrogens with one attached hydrogen (secondary N) is 1. The summed E-state index contributed by atoms with van der Waals surface area (Å²) in [5, 5.41) is 10.3. The minimum atomic E-state index is -4.73. The Labute approximate surface area is 207 Å². The van der Waals surface area contributed by atoms with Gasteiger partial charge in [-0.1, -0.05) is 12.1 Å². The van der Waals surface area contributed by atoms with E-state index in [1.807, 2.05) is 0 Å². The molecule has 0 aliphatic heterocycles. The first-order valence-corrected chi connectivity index (χ1v) is 10.3. The summed E-state index contributed by atoms with van der Waals surface area (Å²) in [5.74, 6) is -0.940. The highest BCUT2D eigenvalue weighted by atomic mass is 35.5. The summed E-state index contributed by atoms with van der Waals surface area (Å²) in [6.07, 6.45) is -3.36. The van der Waals surface area contributed by atoms with Gasteiger partial charge in [0.25, 0.3) is 0 Å². The van der Waals surface area contributed by atoms with Crippen molar-refractivity contribution in [3.05, 3.63) is 90.3 Å². The first kappa shape index (κ1) is 24.9. The van der Waals surface area contributed by atoms with Gasteiger partial charge in [-0.15, -0.1) is 22.6 Å². The number of fused-ring (bicyclic) bond motifs is 1. The third kappa shape index (κ3) is 5.52. The number of hydrogen-bond donors (Lipinski definition) is 1. The Morgan fingerprint density at radius 2 is 1.64 bits per heavy atom. The number of halogens is 5. The van der Waals surface area contributed by atoms with Crippen LogP contribution in [0.1, 0.15) is 11.5 Å². The first-order valence-electron chi connectivity index (χ1n) is 10.3. The highest BCUT2D eigenvalue weighted by Gasteiger charge is 2.38. The smallest absolute Gasteiger partial charge is 0.470 e. The maximum Gasteiger partial charge on any atom is 0.470 e. The van der Waals surface area contributed by atoms with Crippen LogP contribution in [0.4, 0.5) is 29.1 Å². The molecule has 0 saturated carbocycles. The van der Waals surface area contributed by atoms with E-state index in [-0.39, 0.29) is 30.7 Å². The third-order valence-electron chi connectivity index (χ3n) is 4.99. The Morgan fingerprint density at radius 3 is 2.33 bits per heavy atom. The molecule has 36 heavy (non-hydrogen) atoms. The Morgan fingerprint density at radius 1 is 0.889 bits per heavy atom. The van der Waals surface area contributed by atoms with Crippen molar-refractivity contribution in [3.8, 4) is 17.2 Å². The van der Waals surface area contributed by atoms with Crippen LogP contribution in [0, 0.1) is 5.82 Å². The second-order valence-corrected chi connectivity index (χ2v) is 7.43. The van der Waals surface area contributed by atoms with Gasteiger partial charge in [0.2, 0.25) is 5.89 Å². The molecule has 0 bridgehead atoms. The zero-order valence-electron chi connectivity index (χ0n) is 18.2. The summed E-state index contributed by atoms with van der Waals surface area (Å²) in [4.78, 5) is 8.45. The van der Waals surface area contributed by atoms with E-state index in [4.69, 9.17) is 9.15 Å². The lowest BCUT2D eigenvalue weighted by Crippen LogP contribution is -2.04. The molecule has 5 rings (SSSR count). The van der Waals surface area contributed by atoms with Crippen LogP contribution in [0.25, 0.3) is 22.4 Å². The van der Waals surface area contributed by atoms with Gasteiger partial charge in [0.15, 0.2) is 0 Å². The average molecular weight is 518 g/mol. The summed E-state index contributed by atoms with van der Waals surface area (Å²) >= 11 is 0. The van der Waals surface area contributed by atoms with Gasteiger partial charge in [0.05, 0.1) is 5.52 Å². The van der Waals surface area contributed by atoms with Crippen LogP contribution in [-0.4, -0.2) is 20.2 Å². The minimum absolute atomic E-state index is 0. The van der Waals surface area contributed by atoms with Crippen LogP contribution in [0.3, 0.4) is 0 Å². The normalized spacial score (nSPS) is 11.2. The van der Waals surface area contributed by atoms with E-state index in [1.165, 1.54) is 18.5 Å². The van der Waals surface area contributed by atoms with Gasteiger partial charge < -0.3 is 14.5 Å².